The first-order valence-corrected chi connectivity index (χ1v) is 10.1. The van der Waals surface area contributed by atoms with Crippen molar-refractivity contribution in [3.8, 4) is 0 Å². The SMILES string of the molecule is Cc1c(C(=O)NC[C@H](c2ccc(N(C)C)cc2)[NH+]2CCOCC2)cccc1[N+](=O)[O-]. The lowest BCUT2D eigenvalue weighted by Gasteiger charge is -2.32. The monoisotopic (exact) mass is 413 g/mol. The largest absolute Gasteiger partial charge is 0.378 e. The number of amides is 1. The van der Waals surface area contributed by atoms with E-state index in [-0.39, 0.29) is 17.6 Å². The Balaban J connectivity index is 1.79. The fourth-order valence-corrected chi connectivity index (χ4v) is 3.84. The number of hydrogen-bond acceptors (Lipinski definition) is 5. The summed E-state index contributed by atoms with van der Waals surface area (Å²) in [5.41, 5.74) is 2.94. The predicted octanol–water partition coefficient (Wildman–Crippen LogP) is 1.36. The minimum absolute atomic E-state index is 0.0442. The molecule has 0 spiro atoms. The molecule has 8 heteroatoms. The second kappa shape index (κ2) is 9.69. The molecule has 3 rings (SSSR count). The molecule has 1 atom stereocenters. The number of nitrogens with one attached hydrogen (secondary N) is 2. The first kappa shape index (κ1) is 21.7. The van der Waals surface area contributed by atoms with E-state index in [1.807, 2.05) is 19.0 Å². The fraction of sp³-hybridized carbons (Fsp3) is 0.409. The molecule has 1 saturated heterocycles. The average Bonchev–Trinajstić information content (AvgIpc) is 2.74. The number of benzene rings is 2. The first-order chi connectivity index (χ1) is 14.4. The third-order valence-electron chi connectivity index (χ3n) is 5.65. The van der Waals surface area contributed by atoms with Crippen LogP contribution in [0.1, 0.15) is 27.5 Å². The Labute approximate surface area is 176 Å². The molecular weight excluding hydrogens is 384 g/mol. The van der Waals surface area contributed by atoms with Crippen molar-refractivity contribution in [3.63, 3.8) is 0 Å². The van der Waals surface area contributed by atoms with Crippen LogP contribution in [0, 0.1) is 17.0 Å². The summed E-state index contributed by atoms with van der Waals surface area (Å²) in [5.74, 6) is -0.293. The van der Waals surface area contributed by atoms with Crippen molar-refractivity contribution in [1.82, 2.24) is 5.32 Å². The molecule has 1 fully saturated rings. The van der Waals surface area contributed by atoms with Gasteiger partial charge in [0.05, 0.1) is 24.7 Å². The van der Waals surface area contributed by atoms with Crippen LogP contribution in [0.2, 0.25) is 0 Å². The molecule has 0 bridgehead atoms. The van der Waals surface area contributed by atoms with Gasteiger partial charge in [-0.2, -0.15) is 0 Å². The number of anilines is 1. The molecule has 2 aromatic carbocycles. The van der Waals surface area contributed by atoms with Crippen molar-refractivity contribution < 1.29 is 19.4 Å². The first-order valence-electron chi connectivity index (χ1n) is 10.1. The van der Waals surface area contributed by atoms with Gasteiger partial charge < -0.3 is 19.9 Å². The number of nitro groups is 1. The zero-order chi connectivity index (χ0) is 21.7. The van der Waals surface area contributed by atoms with Crippen LogP contribution in [-0.4, -0.2) is 57.8 Å². The number of rotatable bonds is 7. The summed E-state index contributed by atoms with van der Waals surface area (Å²) in [4.78, 5) is 27.0. The van der Waals surface area contributed by atoms with Gasteiger partial charge in [-0.1, -0.05) is 18.2 Å². The van der Waals surface area contributed by atoms with E-state index < -0.39 is 4.92 Å². The summed E-state index contributed by atoms with van der Waals surface area (Å²) in [5, 5.41) is 14.2. The maximum atomic E-state index is 12.8. The Morgan fingerprint density at radius 1 is 1.20 bits per heavy atom. The Morgan fingerprint density at radius 2 is 1.87 bits per heavy atom. The lowest BCUT2D eigenvalue weighted by Crippen LogP contribution is -3.15. The van der Waals surface area contributed by atoms with Gasteiger partial charge in [-0.05, 0) is 25.1 Å². The number of ether oxygens (including phenoxy) is 1. The van der Waals surface area contributed by atoms with Crippen LogP contribution in [0.3, 0.4) is 0 Å². The van der Waals surface area contributed by atoms with Crippen molar-refractivity contribution >= 4 is 17.3 Å². The summed E-state index contributed by atoms with van der Waals surface area (Å²) < 4.78 is 5.50. The number of nitrogens with zero attached hydrogens (tertiary/aromatic N) is 2. The van der Waals surface area contributed by atoms with Gasteiger partial charge in [0, 0.05) is 42.5 Å². The van der Waals surface area contributed by atoms with E-state index in [0.29, 0.717) is 30.9 Å². The smallest absolute Gasteiger partial charge is 0.273 e. The van der Waals surface area contributed by atoms with E-state index in [1.165, 1.54) is 11.0 Å². The summed E-state index contributed by atoms with van der Waals surface area (Å²) >= 11 is 0. The van der Waals surface area contributed by atoms with Crippen molar-refractivity contribution in [2.75, 3.05) is 51.8 Å². The molecule has 1 heterocycles. The summed E-state index contributed by atoms with van der Waals surface area (Å²) in [7, 11) is 4.00. The van der Waals surface area contributed by atoms with Crippen LogP contribution in [0.4, 0.5) is 11.4 Å². The lowest BCUT2D eigenvalue weighted by atomic mass is 10.0. The number of carbonyl (C=O) groups is 1. The average molecular weight is 413 g/mol. The van der Waals surface area contributed by atoms with Crippen LogP contribution in [-0.2, 0) is 4.74 Å². The van der Waals surface area contributed by atoms with Gasteiger partial charge >= 0.3 is 0 Å². The molecule has 0 aromatic heterocycles. The van der Waals surface area contributed by atoms with Crippen molar-refractivity contribution in [1.29, 1.82) is 0 Å². The van der Waals surface area contributed by atoms with Gasteiger partial charge in [0.2, 0.25) is 0 Å². The van der Waals surface area contributed by atoms with Crippen LogP contribution in [0.25, 0.3) is 0 Å². The van der Waals surface area contributed by atoms with E-state index in [0.717, 1.165) is 24.3 Å². The maximum Gasteiger partial charge on any atom is 0.273 e. The number of quaternary nitrogens is 1. The van der Waals surface area contributed by atoms with Gasteiger partial charge in [-0.25, -0.2) is 0 Å². The molecule has 30 heavy (non-hydrogen) atoms. The van der Waals surface area contributed by atoms with Gasteiger partial charge in [-0.3, -0.25) is 14.9 Å². The molecule has 2 N–H and O–H groups in total. The second-order valence-corrected chi connectivity index (χ2v) is 7.73. The quantitative estimate of drug-likeness (QED) is 0.529. The fourth-order valence-electron chi connectivity index (χ4n) is 3.84. The van der Waals surface area contributed by atoms with Gasteiger partial charge in [-0.15, -0.1) is 0 Å². The van der Waals surface area contributed by atoms with Crippen molar-refractivity contribution in [2.45, 2.75) is 13.0 Å². The highest BCUT2D eigenvalue weighted by molar-refractivity contribution is 5.96. The molecule has 1 aliphatic rings. The van der Waals surface area contributed by atoms with E-state index in [9.17, 15) is 14.9 Å². The lowest BCUT2D eigenvalue weighted by molar-refractivity contribution is -0.937. The normalized spacial score (nSPS) is 15.4. The number of nitro benzene ring substituents is 1. The van der Waals surface area contributed by atoms with Gasteiger partial charge in [0.25, 0.3) is 11.6 Å². The standard InChI is InChI=1S/C22H28N4O4/c1-16-19(5-4-6-20(16)26(28)29)22(27)23-15-21(25-11-13-30-14-12-25)17-7-9-18(10-8-17)24(2)3/h4-10,21H,11-15H2,1-3H3,(H,23,27)/p+1/t21-/m1/s1. The van der Waals surface area contributed by atoms with Crippen LogP contribution < -0.4 is 15.1 Å². The van der Waals surface area contributed by atoms with E-state index >= 15 is 0 Å². The Kier molecular flexibility index (Phi) is 7.02. The zero-order valence-electron chi connectivity index (χ0n) is 17.7. The number of carbonyl (C=O) groups excluding carboxylic acids is 1. The predicted molar refractivity (Wildman–Crippen MR) is 115 cm³/mol. The highest BCUT2D eigenvalue weighted by Crippen LogP contribution is 2.21. The van der Waals surface area contributed by atoms with Crippen LogP contribution >= 0.6 is 0 Å². The van der Waals surface area contributed by atoms with E-state index in [1.54, 1.807) is 19.1 Å². The van der Waals surface area contributed by atoms with Crippen LogP contribution in [0.5, 0.6) is 0 Å². The van der Waals surface area contributed by atoms with Crippen LogP contribution in [0.15, 0.2) is 42.5 Å². The molecule has 0 saturated carbocycles. The molecule has 1 aliphatic heterocycles. The molecule has 0 aliphatic carbocycles. The number of hydrogen-bond donors (Lipinski definition) is 2. The highest BCUT2D eigenvalue weighted by atomic mass is 16.6. The summed E-state index contributed by atoms with van der Waals surface area (Å²) in [6.07, 6.45) is 0. The van der Waals surface area contributed by atoms with E-state index in [4.69, 9.17) is 4.74 Å². The van der Waals surface area contributed by atoms with Gasteiger partial charge in [0.15, 0.2) is 0 Å². The Hall–Kier alpha value is -2.97. The minimum atomic E-state index is -0.459. The third-order valence-corrected chi connectivity index (χ3v) is 5.65. The molecule has 1 amide bonds. The topological polar surface area (TPSA) is 89.2 Å². The highest BCUT2D eigenvalue weighted by Gasteiger charge is 2.27. The Bertz CT molecular complexity index is 893. The van der Waals surface area contributed by atoms with Crippen molar-refractivity contribution in [2.24, 2.45) is 0 Å². The molecular formula is C22H29N4O4+. The maximum absolute atomic E-state index is 12.8. The zero-order valence-corrected chi connectivity index (χ0v) is 17.7. The van der Waals surface area contributed by atoms with Gasteiger partial charge in [0.1, 0.15) is 19.1 Å². The Morgan fingerprint density at radius 3 is 2.47 bits per heavy atom. The third kappa shape index (κ3) is 4.95. The summed E-state index contributed by atoms with van der Waals surface area (Å²) in [6, 6.07) is 13.0. The molecule has 2 aromatic rings. The molecule has 0 radical (unpaired) electrons. The van der Waals surface area contributed by atoms with Crippen molar-refractivity contribution in [3.05, 3.63) is 69.3 Å². The molecule has 8 nitrogen and oxygen atoms in total. The number of morpholine rings is 1. The molecule has 0 unspecified atom stereocenters. The summed E-state index contributed by atoms with van der Waals surface area (Å²) in [6.45, 7) is 5.17. The molecule has 160 valence electrons. The van der Waals surface area contributed by atoms with E-state index in [2.05, 4.69) is 29.6 Å². The second-order valence-electron chi connectivity index (χ2n) is 7.73. The minimum Gasteiger partial charge on any atom is -0.378 e.